The van der Waals surface area contributed by atoms with Crippen LogP contribution in [0.25, 0.3) is 0 Å². The number of hydrogen-bond donors (Lipinski definition) is 0. The molecular weight excluding hydrogens is 191 g/mol. The highest BCUT2D eigenvalue weighted by Crippen LogP contribution is 2.56. The van der Waals surface area contributed by atoms with Crippen molar-refractivity contribution >= 4 is 7.82 Å². The molecule has 0 saturated carbocycles. The van der Waals surface area contributed by atoms with Gasteiger partial charge in [-0.05, 0) is 0 Å². The van der Waals surface area contributed by atoms with E-state index < -0.39 is 7.82 Å². The highest BCUT2D eigenvalue weighted by molar-refractivity contribution is 7.48. The van der Waals surface area contributed by atoms with E-state index in [2.05, 4.69) is 6.58 Å². The first-order chi connectivity index (χ1) is 6.22. The lowest BCUT2D eigenvalue weighted by Gasteiger charge is -2.29. The van der Waals surface area contributed by atoms with Crippen LogP contribution in [-0.4, -0.2) is 18.8 Å². The van der Waals surface area contributed by atoms with E-state index in [1.165, 1.54) is 0 Å². The molecule has 5 heteroatoms. The fourth-order valence-corrected chi connectivity index (χ4v) is 2.76. The largest absolute Gasteiger partial charge is 0.476 e. The minimum Gasteiger partial charge on any atom is -0.283 e. The summed E-state index contributed by atoms with van der Waals surface area (Å²) in [5, 5.41) is 0. The maximum absolute atomic E-state index is 11.7. The second-order valence-corrected chi connectivity index (χ2v) is 4.50. The highest BCUT2D eigenvalue weighted by atomic mass is 31.2. The minimum absolute atomic E-state index is 0.176. The van der Waals surface area contributed by atoms with E-state index >= 15 is 0 Å². The summed E-state index contributed by atoms with van der Waals surface area (Å²) in [7, 11) is -3.31. The van der Waals surface area contributed by atoms with E-state index in [9.17, 15) is 4.57 Å². The molecule has 2 aliphatic heterocycles. The molecule has 0 amide bonds. The lowest BCUT2D eigenvalue weighted by atomic mass is 10.1. The zero-order valence-electron chi connectivity index (χ0n) is 7.09. The Morgan fingerprint density at radius 1 is 1.54 bits per heavy atom. The van der Waals surface area contributed by atoms with Gasteiger partial charge in [0.05, 0.1) is 18.8 Å². The Morgan fingerprint density at radius 2 is 2.38 bits per heavy atom. The maximum atomic E-state index is 11.7. The first-order valence-corrected chi connectivity index (χ1v) is 5.58. The number of phosphoric ester groups is 1. The molecule has 0 aromatic carbocycles. The van der Waals surface area contributed by atoms with E-state index in [0.29, 0.717) is 6.42 Å². The second kappa shape index (κ2) is 3.39. The average Bonchev–Trinajstić information content (AvgIpc) is 2.23. The zero-order chi connectivity index (χ0) is 9.31. The fourth-order valence-electron chi connectivity index (χ4n) is 1.33. The Balaban J connectivity index is 2.22. The van der Waals surface area contributed by atoms with E-state index in [1.54, 1.807) is 12.2 Å². The van der Waals surface area contributed by atoms with E-state index in [-0.39, 0.29) is 18.8 Å². The van der Waals surface area contributed by atoms with Gasteiger partial charge in [0.25, 0.3) is 0 Å². The van der Waals surface area contributed by atoms with Gasteiger partial charge < -0.3 is 0 Å². The van der Waals surface area contributed by atoms with Crippen molar-refractivity contribution in [1.29, 1.82) is 0 Å². The number of hydrogen-bond acceptors (Lipinski definition) is 4. The highest BCUT2D eigenvalue weighted by Gasteiger charge is 2.39. The van der Waals surface area contributed by atoms with Gasteiger partial charge in [0.15, 0.2) is 0 Å². The molecule has 0 N–H and O–H groups in total. The standard InChI is InChI=1S/C8H11O4P/c1-2-7-6-8-4-3-5-10-13(9,11-7)12-8/h2-4,7-8H,1,5-6H2/t7?,8-,13?/m1/s1. The Labute approximate surface area is 76.8 Å². The molecule has 2 aliphatic rings. The van der Waals surface area contributed by atoms with Crippen molar-refractivity contribution in [1.82, 2.24) is 0 Å². The summed E-state index contributed by atoms with van der Waals surface area (Å²) in [6.07, 6.45) is 5.48. The van der Waals surface area contributed by atoms with Crippen LogP contribution in [0.4, 0.5) is 0 Å². The third kappa shape index (κ3) is 1.92. The van der Waals surface area contributed by atoms with Crippen molar-refractivity contribution in [2.45, 2.75) is 18.6 Å². The van der Waals surface area contributed by atoms with Gasteiger partial charge in [-0.1, -0.05) is 18.2 Å². The first-order valence-electron chi connectivity index (χ1n) is 4.12. The van der Waals surface area contributed by atoms with Crippen molar-refractivity contribution in [3.8, 4) is 0 Å². The van der Waals surface area contributed by atoms with Crippen LogP contribution in [0.2, 0.25) is 0 Å². The van der Waals surface area contributed by atoms with E-state index in [0.717, 1.165) is 0 Å². The molecule has 0 radical (unpaired) electrons. The van der Waals surface area contributed by atoms with E-state index in [1.807, 2.05) is 6.08 Å². The average molecular weight is 202 g/mol. The minimum atomic E-state index is -3.31. The van der Waals surface area contributed by atoms with Crippen LogP contribution in [0, 0.1) is 0 Å². The van der Waals surface area contributed by atoms with Gasteiger partial charge in [-0.25, -0.2) is 4.57 Å². The van der Waals surface area contributed by atoms with Crippen LogP contribution in [0.15, 0.2) is 24.8 Å². The predicted octanol–water partition coefficient (Wildman–Crippen LogP) is 2.04. The SMILES string of the molecule is C=CC1C[C@H]2C=CCOP(=O)(O1)O2. The molecule has 2 heterocycles. The topological polar surface area (TPSA) is 44.8 Å². The molecule has 1 fully saturated rings. The van der Waals surface area contributed by atoms with Gasteiger partial charge in [-0.3, -0.25) is 13.6 Å². The molecule has 0 aromatic heterocycles. The van der Waals surface area contributed by atoms with Crippen molar-refractivity contribution in [3.63, 3.8) is 0 Å². The molecule has 3 atom stereocenters. The number of fused-ring (bicyclic) bond motifs is 2. The Bertz CT molecular complexity index is 286. The van der Waals surface area contributed by atoms with Gasteiger partial charge in [-0.2, -0.15) is 0 Å². The van der Waals surface area contributed by atoms with Crippen LogP contribution in [0.1, 0.15) is 6.42 Å². The molecule has 0 aromatic rings. The summed E-state index contributed by atoms with van der Waals surface area (Å²) in [6, 6.07) is 0. The van der Waals surface area contributed by atoms with Crippen molar-refractivity contribution < 1.29 is 18.1 Å². The van der Waals surface area contributed by atoms with Gasteiger partial charge >= 0.3 is 7.82 Å². The molecule has 1 saturated heterocycles. The monoisotopic (exact) mass is 202 g/mol. The Hall–Kier alpha value is -0.410. The summed E-state index contributed by atoms with van der Waals surface area (Å²) in [6.45, 7) is 3.87. The molecule has 0 spiro atoms. The Kier molecular flexibility index (Phi) is 2.39. The van der Waals surface area contributed by atoms with Gasteiger partial charge in [0.2, 0.25) is 0 Å². The second-order valence-electron chi connectivity index (χ2n) is 2.93. The van der Waals surface area contributed by atoms with Crippen LogP contribution < -0.4 is 0 Å². The summed E-state index contributed by atoms with van der Waals surface area (Å²) in [5.74, 6) is 0. The van der Waals surface area contributed by atoms with Gasteiger partial charge in [-0.15, -0.1) is 6.58 Å². The smallest absolute Gasteiger partial charge is 0.283 e. The van der Waals surface area contributed by atoms with Crippen LogP contribution in [0.5, 0.6) is 0 Å². The van der Waals surface area contributed by atoms with Crippen molar-refractivity contribution in [2.75, 3.05) is 6.61 Å². The van der Waals surface area contributed by atoms with Crippen molar-refractivity contribution in [3.05, 3.63) is 24.8 Å². The molecule has 4 nitrogen and oxygen atoms in total. The normalized spacial score (nSPS) is 44.0. The molecular formula is C8H11O4P. The molecule has 0 aliphatic carbocycles. The third-order valence-corrected chi connectivity index (χ3v) is 3.46. The lowest BCUT2D eigenvalue weighted by molar-refractivity contribution is 0.0318. The van der Waals surface area contributed by atoms with Crippen LogP contribution in [0.3, 0.4) is 0 Å². The summed E-state index contributed by atoms with van der Waals surface area (Å²) >= 11 is 0. The van der Waals surface area contributed by atoms with Crippen LogP contribution >= 0.6 is 7.82 Å². The molecule has 2 bridgehead atoms. The van der Waals surface area contributed by atoms with Gasteiger partial charge in [0, 0.05) is 6.42 Å². The van der Waals surface area contributed by atoms with E-state index in [4.69, 9.17) is 13.6 Å². The molecule has 2 unspecified atom stereocenters. The van der Waals surface area contributed by atoms with Crippen LogP contribution in [-0.2, 0) is 18.1 Å². The lowest BCUT2D eigenvalue weighted by Crippen LogP contribution is -2.25. The number of rotatable bonds is 1. The third-order valence-electron chi connectivity index (χ3n) is 1.94. The van der Waals surface area contributed by atoms with Gasteiger partial charge in [0.1, 0.15) is 0 Å². The summed E-state index contributed by atoms with van der Waals surface area (Å²) < 4.78 is 26.9. The predicted molar refractivity (Wildman–Crippen MR) is 47.3 cm³/mol. The quantitative estimate of drug-likeness (QED) is 0.482. The maximum Gasteiger partial charge on any atom is 0.476 e. The summed E-state index contributed by atoms with van der Waals surface area (Å²) in [5.41, 5.74) is 0. The molecule has 72 valence electrons. The number of phosphoric acid groups is 1. The Morgan fingerprint density at radius 3 is 3.15 bits per heavy atom. The fraction of sp³-hybridized carbons (Fsp3) is 0.500. The zero-order valence-corrected chi connectivity index (χ0v) is 7.98. The summed E-state index contributed by atoms with van der Waals surface area (Å²) in [4.78, 5) is 0. The first kappa shape index (κ1) is 9.16. The molecule has 13 heavy (non-hydrogen) atoms. The van der Waals surface area contributed by atoms with Crippen molar-refractivity contribution in [2.24, 2.45) is 0 Å². The molecule has 2 rings (SSSR count).